The molecule has 1 unspecified atom stereocenters. The van der Waals surface area contributed by atoms with Crippen LogP contribution in [0.2, 0.25) is 0 Å². The largest absolute Gasteiger partial charge is 0.394 e. The highest BCUT2D eigenvalue weighted by atomic mass is 16.3. The second-order valence-corrected chi connectivity index (χ2v) is 5.22. The standard InChI is InChI=1S/C16H21N3O2/c1-12-8-13(2)19(18-12)10-16(21)17-15(11-20)9-14-6-4-3-5-7-14/h3-8,15,20H,9-11H2,1-2H3,(H,17,21). The van der Waals surface area contributed by atoms with Gasteiger partial charge in [0.05, 0.1) is 18.3 Å². The Hall–Kier alpha value is -2.14. The number of amides is 1. The number of hydrogen-bond donors (Lipinski definition) is 2. The van der Waals surface area contributed by atoms with E-state index in [-0.39, 0.29) is 25.1 Å². The van der Waals surface area contributed by atoms with E-state index in [4.69, 9.17) is 0 Å². The summed E-state index contributed by atoms with van der Waals surface area (Å²) in [5, 5.41) is 16.5. The van der Waals surface area contributed by atoms with Gasteiger partial charge in [0.25, 0.3) is 0 Å². The van der Waals surface area contributed by atoms with Crippen molar-refractivity contribution in [2.45, 2.75) is 32.9 Å². The predicted molar refractivity (Wildman–Crippen MR) is 80.9 cm³/mol. The molecule has 0 bridgehead atoms. The number of nitrogens with zero attached hydrogens (tertiary/aromatic N) is 2. The predicted octanol–water partition coefficient (Wildman–Crippen LogP) is 1.22. The van der Waals surface area contributed by atoms with Crippen LogP contribution in [0.15, 0.2) is 36.4 Å². The zero-order valence-electron chi connectivity index (χ0n) is 12.4. The zero-order valence-corrected chi connectivity index (χ0v) is 12.4. The first-order chi connectivity index (χ1) is 10.1. The number of aliphatic hydroxyl groups excluding tert-OH is 1. The van der Waals surface area contributed by atoms with Crippen molar-refractivity contribution in [2.24, 2.45) is 0 Å². The van der Waals surface area contributed by atoms with E-state index >= 15 is 0 Å². The molecule has 0 fully saturated rings. The number of hydrogen-bond acceptors (Lipinski definition) is 3. The monoisotopic (exact) mass is 287 g/mol. The minimum atomic E-state index is -0.281. The average Bonchev–Trinajstić information content (AvgIpc) is 2.77. The summed E-state index contributed by atoms with van der Waals surface area (Å²) < 4.78 is 1.67. The smallest absolute Gasteiger partial charge is 0.242 e. The second kappa shape index (κ2) is 7.04. The molecule has 0 radical (unpaired) electrons. The van der Waals surface area contributed by atoms with Crippen LogP contribution < -0.4 is 5.32 Å². The topological polar surface area (TPSA) is 67.2 Å². The van der Waals surface area contributed by atoms with Crippen LogP contribution in [0.3, 0.4) is 0 Å². The molecule has 1 aromatic heterocycles. The van der Waals surface area contributed by atoms with Crippen molar-refractivity contribution >= 4 is 5.91 Å². The van der Waals surface area contributed by atoms with E-state index in [0.29, 0.717) is 6.42 Å². The molecule has 0 aliphatic rings. The van der Waals surface area contributed by atoms with Crippen molar-refractivity contribution in [2.75, 3.05) is 6.61 Å². The summed E-state index contributed by atoms with van der Waals surface area (Å²) in [6.45, 7) is 3.90. The first-order valence-electron chi connectivity index (χ1n) is 7.03. The van der Waals surface area contributed by atoms with Crippen molar-refractivity contribution in [1.29, 1.82) is 0 Å². The molecule has 5 heteroatoms. The van der Waals surface area contributed by atoms with Gasteiger partial charge in [-0.2, -0.15) is 5.10 Å². The summed E-state index contributed by atoms with van der Waals surface area (Å²) in [5.74, 6) is -0.142. The number of benzene rings is 1. The number of rotatable bonds is 6. The fourth-order valence-corrected chi connectivity index (χ4v) is 2.30. The lowest BCUT2D eigenvalue weighted by atomic mass is 10.1. The number of aromatic nitrogens is 2. The van der Waals surface area contributed by atoms with E-state index in [9.17, 15) is 9.90 Å². The first kappa shape index (κ1) is 15.3. The SMILES string of the molecule is Cc1cc(C)n(CC(=O)NC(CO)Cc2ccccc2)n1. The van der Waals surface area contributed by atoms with E-state index in [2.05, 4.69) is 10.4 Å². The van der Waals surface area contributed by atoms with E-state index in [0.717, 1.165) is 17.0 Å². The fraction of sp³-hybridized carbons (Fsp3) is 0.375. The zero-order chi connectivity index (χ0) is 15.2. The number of nitrogens with one attached hydrogen (secondary N) is 1. The summed E-state index contributed by atoms with van der Waals surface area (Å²) in [7, 11) is 0. The Morgan fingerprint density at radius 3 is 2.62 bits per heavy atom. The van der Waals surface area contributed by atoms with Gasteiger partial charge in [0.1, 0.15) is 6.54 Å². The molecule has 0 spiro atoms. The van der Waals surface area contributed by atoms with E-state index in [1.807, 2.05) is 50.2 Å². The van der Waals surface area contributed by atoms with Gasteiger partial charge < -0.3 is 10.4 Å². The Balaban J connectivity index is 1.92. The lowest BCUT2D eigenvalue weighted by molar-refractivity contribution is -0.122. The van der Waals surface area contributed by atoms with Gasteiger partial charge in [-0.25, -0.2) is 0 Å². The van der Waals surface area contributed by atoms with Crippen LogP contribution in [0.5, 0.6) is 0 Å². The average molecular weight is 287 g/mol. The van der Waals surface area contributed by atoms with Crippen molar-refractivity contribution in [3.8, 4) is 0 Å². The van der Waals surface area contributed by atoms with Crippen LogP contribution in [0.25, 0.3) is 0 Å². The van der Waals surface area contributed by atoms with Gasteiger partial charge in [-0.1, -0.05) is 30.3 Å². The van der Waals surface area contributed by atoms with Crippen LogP contribution >= 0.6 is 0 Å². The lowest BCUT2D eigenvalue weighted by Crippen LogP contribution is -2.41. The molecule has 1 heterocycles. The van der Waals surface area contributed by atoms with Gasteiger partial charge in [0.2, 0.25) is 5.91 Å². The van der Waals surface area contributed by atoms with E-state index in [1.54, 1.807) is 4.68 Å². The second-order valence-electron chi connectivity index (χ2n) is 5.22. The first-order valence-corrected chi connectivity index (χ1v) is 7.03. The van der Waals surface area contributed by atoms with Crippen molar-refractivity contribution in [1.82, 2.24) is 15.1 Å². The Bertz CT molecular complexity index is 593. The van der Waals surface area contributed by atoms with Crippen molar-refractivity contribution in [3.05, 3.63) is 53.3 Å². The minimum Gasteiger partial charge on any atom is -0.394 e. The highest BCUT2D eigenvalue weighted by Crippen LogP contribution is 2.04. The summed E-state index contributed by atoms with van der Waals surface area (Å²) in [6, 6.07) is 11.4. The van der Waals surface area contributed by atoms with Crippen LogP contribution in [0.1, 0.15) is 17.0 Å². The third kappa shape index (κ3) is 4.43. The van der Waals surface area contributed by atoms with E-state index in [1.165, 1.54) is 0 Å². The van der Waals surface area contributed by atoms with Gasteiger partial charge in [-0.3, -0.25) is 9.48 Å². The Morgan fingerprint density at radius 2 is 2.05 bits per heavy atom. The molecule has 112 valence electrons. The van der Waals surface area contributed by atoms with Gasteiger partial charge in [0.15, 0.2) is 0 Å². The van der Waals surface area contributed by atoms with Gasteiger partial charge >= 0.3 is 0 Å². The summed E-state index contributed by atoms with van der Waals surface area (Å²) in [6.07, 6.45) is 0.611. The molecule has 0 saturated carbocycles. The van der Waals surface area contributed by atoms with Gasteiger partial charge in [-0.05, 0) is 31.9 Å². The molecule has 2 N–H and O–H groups in total. The summed E-state index contributed by atoms with van der Waals surface area (Å²) in [5.41, 5.74) is 2.93. The highest BCUT2D eigenvalue weighted by molar-refractivity contribution is 5.76. The molecule has 2 aromatic rings. The maximum Gasteiger partial charge on any atom is 0.242 e. The molecule has 1 aromatic carbocycles. The maximum absolute atomic E-state index is 12.1. The number of aryl methyl sites for hydroxylation is 2. The van der Waals surface area contributed by atoms with Crippen molar-refractivity contribution < 1.29 is 9.90 Å². The molecular formula is C16H21N3O2. The van der Waals surface area contributed by atoms with E-state index < -0.39 is 0 Å². The Kier molecular flexibility index (Phi) is 5.11. The van der Waals surface area contributed by atoms with Crippen LogP contribution in [-0.4, -0.2) is 33.4 Å². The Morgan fingerprint density at radius 1 is 1.33 bits per heavy atom. The summed E-state index contributed by atoms with van der Waals surface area (Å²) in [4.78, 5) is 12.1. The third-order valence-electron chi connectivity index (χ3n) is 3.31. The highest BCUT2D eigenvalue weighted by Gasteiger charge is 2.13. The quantitative estimate of drug-likeness (QED) is 0.839. The molecule has 0 saturated heterocycles. The van der Waals surface area contributed by atoms with Gasteiger partial charge in [-0.15, -0.1) is 0 Å². The van der Waals surface area contributed by atoms with Crippen LogP contribution in [0, 0.1) is 13.8 Å². The molecule has 1 amide bonds. The van der Waals surface area contributed by atoms with Crippen LogP contribution in [-0.2, 0) is 17.8 Å². The normalized spacial score (nSPS) is 12.1. The molecule has 2 rings (SSSR count). The van der Waals surface area contributed by atoms with Gasteiger partial charge in [0, 0.05) is 5.69 Å². The number of carbonyl (C=O) groups excluding carboxylic acids is 1. The molecular weight excluding hydrogens is 266 g/mol. The number of carbonyl (C=O) groups is 1. The molecule has 21 heavy (non-hydrogen) atoms. The molecule has 1 atom stereocenters. The molecule has 0 aliphatic carbocycles. The summed E-state index contributed by atoms with van der Waals surface area (Å²) >= 11 is 0. The third-order valence-corrected chi connectivity index (χ3v) is 3.31. The molecule has 5 nitrogen and oxygen atoms in total. The molecule has 0 aliphatic heterocycles. The lowest BCUT2D eigenvalue weighted by Gasteiger charge is -2.16. The van der Waals surface area contributed by atoms with Crippen molar-refractivity contribution in [3.63, 3.8) is 0 Å². The van der Waals surface area contributed by atoms with Crippen LogP contribution in [0.4, 0.5) is 0 Å². The Labute approximate surface area is 124 Å². The maximum atomic E-state index is 12.1. The minimum absolute atomic E-state index is 0.0856. The fourth-order valence-electron chi connectivity index (χ4n) is 2.30. The number of aliphatic hydroxyl groups is 1.